The van der Waals surface area contributed by atoms with E-state index in [1.807, 2.05) is 18.2 Å². The Morgan fingerprint density at radius 2 is 2.00 bits per heavy atom. The average Bonchev–Trinajstić information content (AvgIpc) is 2.78. The van der Waals surface area contributed by atoms with E-state index in [1.54, 1.807) is 0 Å². The first kappa shape index (κ1) is 15.4. The third kappa shape index (κ3) is 3.75. The first-order chi connectivity index (χ1) is 9.76. The van der Waals surface area contributed by atoms with Crippen LogP contribution in [-0.2, 0) is 6.54 Å². The number of para-hydroxylation sites is 1. The fraction of sp³-hybridized carbons (Fsp3) is 0.500. The molecule has 0 aliphatic rings. The van der Waals surface area contributed by atoms with Crippen LogP contribution >= 0.6 is 11.6 Å². The van der Waals surface area contributed by atoms with Gasteiger partial charge in [-0.25, -0.2) is 0 Å². The number of rotatable bonds is 8. The molecule has 0 saturated carbocycles. The van der Waals surface area contributed by atoms with Crippen molar-refractivity contribution in [1.29, 1.82) is 0 Å². The molecule has 1 aromatic carbocycles. The summed E-state index contributed by atoms with van der Waals surface area (Å²) in [6.45, 7) is 9.46. The van der Waals surface area contributed by atoms with E-state index in [9.17, 15) is 0 Å². The zero-order valence-electron chi connectivity index (χ0n) is 12.3. The van der Waals surface area contributed by atoms with Gasteiger partial charge in [-0.05, 0) is 37.2 Å². The lowest BCUT2D eigenvalue weighted by atomic mass is 10.2. The fourth-order valence-corrected chi connectivity index (χ4v) is 2.68. The molecule has 0 radical (unpaired) electrons. The van der Waals surface area contributed by atoms with Gasteiger partial charge in [0.05, 0.1) is 0 Å². The molecule has 0 aliphatic carbocycles. The number of benzene rings is 1. The molecule has 3 nitrogen and oxygen atoms in total. The Morgan fingerprint density at radius 1 is 1.20 bits per heavy atom. The largest absolute Gasteiger partial charge is 0.444 e. The summed E-state index contributed by atoms with van der Waals surface area (Å²) in [4.78, 5) is 2.45. The van der Waals surface area contributed by atoms with Gasteiger partial charge in [0.25, 0.3) is 0 Å². The molecule has 1 aromatic heterocycles. The minimum absolute atomic E-state index is 0.500. The predicted molar refractivity (Wildman–Crippen MR) is 85.3 cm³/mol. The van der Waals surface area contributed by atoms with Gasteiger partial charge in [-0.2, -0.15) is 0 Å². The van der Waals surface area contributed by atoms with Crippen LogP contribution in [0.4, 0.5) is 0 Å². The Hall–Kier alpha value is -1.03. The molecule has 2 aromatic rings. The topological polar surface area (TPSA) is 28.4 Å². The van der Waals surface area contributed by atoms with Crippen molar-refractivity contribution in [3.05, 3.63) is 35.0 Å². The molecule has 20 heavy (non-hydrogen) atoms. The van der Waals surface area contributed by atoms with Gasteiger partial charge in [-0.1, -0.05) is 32.0 Å². The Kier molecular flexibility index (Phi) is 5.89. The zero-order valence-corrected chi connectivity index (χ0v) is 13.0. The Bertz CT molecular complexity index is 538. The summed E-state index contributed by atoms with van der Waals surface area (Å²) in [5, 5.41) is 5.06. The highest BCUT2D eigenvalue weighted by Gasteiger charge is 2.11. The normalized spacial score (nSPS) is 11.6. The summed E-state index contributed by atoms with van der Waals surface area (Å²) in [6, 6.07) is 7.98. The van der Waals surface area contributed by atoms with E-state index in [0.29, 0.717) is 5.22 Å². The van der Waals surface area contributed by atoms with Gasteiger partial charge in [0.1, 0.15) is 5.58 Å². The van der Waals surface area contributed by atoms with Crippen molar-refractivity contribution in [3.8, 4) is 0 Å². The van der Waals surface area contributed by atoms with Crippen molar-refractivity contribution < 1.29 is 4.42 Å². The smallest absolute Gasteiger partial charge is 0.199 e. The highest BCUT2D eigenvalue weighted by Crippen LogP contribution is 2.29. The van der Waals surface area contributed by atoms with E-state index in [0.717, 1.165) is 49.3 Å². The van der Waals surface area contributed by atoms with Gasteiger partial charge >= 0.3 is 0 Å². The van der Waals surface area contributed by atoms with Crippen LogP contribution in [0.1, 0.15) is 25.8 Å². The molecule has 2 rings (SSSR count). The van der Waals surface area contributed by atoms with Crippen LogP contribution < -0.4 is 5.32 Å². The summed E-state index contributed by atoms with van der Waals surface area (Å²) in [7, 11) is 0. The lowest BCUT2D eigenvalue weighted by molar-refractivity contribution is 0.287. The van der Waals surface area contributed by atoms with Crippen molar-refractivity contribution in [1.82, 2.24) is 10.2 Å². The summed E-state index contributed by atoms with van der Waals surface area (Å²) in [5.41, 5.74) is 1.91. The molecule has 0 spiro atoms. The van der Waals surface area contributed by atoms with Gasteiger partial charge in [0.2, 0.25) is 0 Å². The van der Waals surface area contributed by atoms with Crippen molar-refractivity contribution in [2.24, 2.45) is 0 Å². The molecule has 4 heteroatoms. The van der Waals surface area contributed by atoms with E-state index in [1.165, 1.54) is 6.42 Å². The Morgan fingerprint density at radius 3 is 2.75 bits per heavy atom. The predicted octanol–water partition coefficient (Wildman–Crippen LogP) is 3.91. The zero-order chi connectivity index (χ0) is 14.4. The number of likely N-dealkylation sites (N-methyl/N-ethyl adjacent to an activating group) is 1. The Labute approximate surface area is 125 Å². The minimum atomic E-state index is 0.500. The molecular formula is C16H23ClN2O. The van der Waals surface area contributed by atoms with Crippen LogP contribution in [0.3, 0.4) is 0 Å². The minimum Gasteiger partial charge on any atom is -0.444 e. The highest BCUT2D eigenvalue weighted by atomic mass is 35.5. The van der Waals surface area contributed by atoms with Crippen molar-refractivity contribution in [3.63, 3.8) is 0 Å². The number of halogens is 1. The third-order valence-electron chi connectivity index (χ3n) is 3.54. The van der Waals surface area contributed by atoms with E-state index >= 15 is 0 Å². The molecular weight excluding hydrogens is 272 g/mol. The van der Waals surface area contributed by atoms with Crippen LogP contribution in [0.2, 0.25) is 5.22 Å². The van der Waals surface area contributed by atoms with E-state index in [4.69, 9.17) is 16.0 Å². The average molecular weight is 295 g/mol. The molecule has 0 atom stereocenters. The molecule has 1 heterocycles. The molecule has 0 aliphatic heterocycles. The number of fused-ring (bicyclic) bond motifs is 1. The first-order valence-electron chi connectivity index (χ1n) is 7.35. The number of furan rings is 1. The summed E-state index contributed by atoms with van der Waals surface area (Å²) in [6.07, 6.45) is 1.20. The Balaban J connectivity index is 1.88. The maximum absolute atomic E-state index is 6.17. The second-order valence-electron chi connectivity index (χ2n) is 4.96. The summed E-state index contributed by atoms with van der Waals surface area (Å²) >= 11 is 6.17. The highest BCUT2D eigenvalue weighted by molar-refractivity contribution is 6.30. The molecule has 0 fully saturated rings. The number of hydrogen-bond acceptors (Lipinski definition) is 3. The van der Waals surface area contributed by atoms with E-state index in [-0.39, 0.29) is 0 Å². The molecule has 110 valence electrons. The second-order valence-corrected chi connectivity index (χ2v) is 5.30. The molecule has 1 N–H and O–H groups in total. The quantitative estimate of drug-likeness (QED) is 0.748. The molecule has 0 bridgehead atoms. The fourth-order valence-electron chi connectivity index (χ4n) is 2.43. The van der Waals surface area contributed by atoms with Crippen LogP contribution in [-0.4, -0.2) is 31.1 Å². The first-order valence-corrected chi connectivity index (χ1v) is 7.73. The molecule has 0 amide bonds. The van der Waals surface area contributed by atoms with Crippen LogP contribution in [0.25, 0.3) is 11.0 Å². The van der Waals surface area contributed by atoms with E-state index < -0.39 is 0 Å². The molecule has 0 unspecified atom stereocenters. The van der Waals surface area contributed by atoms with Gasteiger partial charge in [-0.15, -0.1) is 0 Å². The summed E-state index contributed by atoms with van der Waals surface area (Å²) < 4.78 is 5.55. The van der Waals surface area contributed by atoms with Gasteiger partial charge in [0.15, 0.2) is 5.22 Å². The van der Waals surface area contributed by atoms with Crippen LogP contribution in [0.15, 0.2) is 28.7 Å². The SMILES string of the molecule is CCCN(CC)CCNCc1c(Cl)oc2ccccc12. The van der Waals surface area contributed by atoms with Crippen molar-refractivity contribution in [2.75, 3.05) is 26.2 Å². The van der Waals surface area contributed by atoms with Gasteiger partial charge < -0.3 is 14.6 Å². The third-order valence-corrected chi connectivity index (χ3v) is 3.85. The van der Waals surface area contributed by atoms with Gasteiger partial charge in [0, 0.05) is 30.6 Å². The molecule has 0 saturated heterocycles. The monoisotopic (exact) mass is 294 g/mol. The van der Waals surface area contributed by atoms with E-state index in [2.05, 4.69) is 30.1 Å². The maximum atomic E-state index is 6.17. The lowest BCUT2D eigenvalue weighted by Gasteiger charge is -2.19. The number of nitrogens with zero attached hydrogens (tertiary/aromatic N) is 1. The number of nitrogens with one attached hydrogen (secondary N) is 1. The lowest BCUT2D eigenvalue weighted by Crippen LogP contribution is -2.32. The van der Waals surface area contributed by atoms with Crippen molar-refractivity contribution >= 4 is 22.6 Å². The maximum Gasteiger partial charge on any atom is 0.199 e. The van der Waals surface area contributed by atoms with Crippen molar-refractivity contribution in [2.45, 2.75) is 26.8 Å². The summed E-state index contributed by atoms with van der Waals surface area (Å²) in [5.74, 6) is 0. The second kappa shape index (κ2) is 7.67. The van der Waals surface area contributed by atoms with Crippen LogP contribution in [0, 0.1) is 0 Å². The standard InChI is InChI=1S/C16H23ClN2O/c1-3-10-19(4-2)11-9-18-12-14-13-7-5-6-8-15(13)20-16(14)17/h5-8,18H,3-4,9-12H2,1-2H3. The number of hydrogen-bond donors (Lipinski definition) is 1. The van der Waals surface area contributed by atoms with Crippen LogP contribution in [0.5, 0.6) is 0 Å². The van der Waals surface area contributed by atoms with Gasteiger partial charge in [-0.3, -0.25) is 0 Å².